The summed E-state index contributed by atoms with van der Waals surface area (Å²) < 4.78 is 34.6. The van der Waals surface area contributed by atoms with E-state index in [1.807, 2.05) is 0 Å². The third-order valence-electron chi connectivity index (χ3n) is 5.87. The first-order valence-electron chi connectivity index (χ1n) is 10.3. The average Bonchev–Trinajstić information content (AvgIpc) is 3.46. The highest BCUT2D eigenvalue weighted by atomic mass is 19.1. The van der Waals surface area contributed by atoms with Gasteiger partial charge in [-0.2, -0.15) is 0 Å². The second kappa shape index (κ2) is 7.71. The summed E-state index contributed by atoms with van der Waals surface area (Å²) in [5.41, 5.74) is 0.487. The molecule has 4 aromatic rings. The molecule has 0 radical (unpaired) electrons. The summed E-state index contributed by atoms with van der Waals surface area (Å²) in [6, 6.07) is 11.4. The number of halogens is 2. The Morgan fingerprint density at radius 2 is 1.97 bits per heavy atom. The van der Waals surface area contributed by atoms with Crippen LogP contribution in [-0.2, 0) is 0 Å². The number of amides is 1. The number of nitrogens with one attached hydrogen (secondary N) is 1. The van der Waals surface area contributed by atoms with Crippen LogP contribution >= 0.6 is 0 Å². The molecule has 1 atom stereocenters. The van der Waals surface area contributed by atoms with Crippen molar-refractivity contribution in [3.8, 4) is 5.82 Å². The molecular weight excluding hydrogens is 416 g/mol. The van der Waals surface area contributed by atoms with E-state index in [4.69, 9.17) is 4.52 Å². The third-order valence-corrected chi connectivity index (χ3v) is 5.87. The Morgan fingerprint density at radius 1 is 1.19 bits per heavy atom. The van der Waals surface area contributed by atoms with Crippen molar-refractivity contribution in [1.82, 2.24) is 15.0 Å². The van der Waals surface area contributed by atoms with E-state index in [0.29, 0.717) is 11.3 Å². The van der Waals surface area contributed by atoms with Crippen molar-refractivity contribution in [3.63, 3.8) is 0 Å². The number of carbonyl (C=O) groups excluding carboxylic acids is 1. The predicted octanol–water partition coefficient (Wildman–Crippen LogP) is 4.45. The molecule has 8 heteroatoms. The fourth-order valence-corrected chi connectivity index (χ4v) is 4.22. The number of hydrogen-bond donors (Lipinski definition) is 1. The minimum absolute atomic E-state index is 0.149. The van der Waals surface area contributed by atoms with Gasteiger partial charge in [-0.25, -0.2) is 8.78 Å². The van der Waals surface area contributed by atoms with Crippen LogP contribution in [0.25, 0.3) is 16.6 Å². The van der Waals surface area contributed by atoms with Crippen molar-refractivity contribution in [3.05, 3.63) is 93.6 Å². The van der Waals surface area contributed by atoms with Crippen molar-refractivity contribution in [2.24, 2.45) is 5.92 Å². The third kappa shape index (κ3) is 3.37. The quantitative estimate of drug-likeness (QED) is 0.503. The van der Waals surface area contributed by atoms with E-state index in [2.05, 4.69) is 10.5 Å². The lowest BCUT2D eigenvalue weighted by Gasteiger charge is -2.21. The molecule has 1 saturated carbocycles. The molecule has 0 unspecified atom stereocenters. The lowest BCUT2D eigenvalue weighted by molar-refractivity contribution is 0.0932. The topological polar surface area (TPSA) is 77.1 Å². The van der Waals surface area contributed by atoms with Crippen molar-refractivity contribution >= 4 is 16.7 Å². The first kappa shape index (κ1) is 20.1. The minimum atomic E-state index is -0.734. The number of pyridine rings is 1. The number of rotatable bonds is 5. The van der Waals surface area contributed by atoms with Gasteiger partial charge in [-0.1, -0.05) is 29.4 Å². The molecule has 1 aliphatic carbocycles. The highest BCUT2D eigenvalue weighted by molar-refractivity contribution is 6.08. The predicted molar refractivity (Wildman–Crippen MR) is 114 cm³/mol. The first-order chi connectivity index (χ1) is 15.5. The van der Waals surface area contributed by atoms with Gasteiger partial charge in [0, 0.05) is 17.1 Å². The molecule has 5 rings (SSSR count). The lowest BCUT2D eigenvalue weighted by Crippen LogP contribution is -2.33. The van der Waals surface area contributed by atoms with Crippen LogP contribution in [0.15, 0.2) is 64.1 Å². The van der Waals surface area contributed by atoms with Gasteiger partial charge in [-0.05, 0) is 49.4 Å². The number of benzene rings is 2. The number of hydrogen-bond acceptors (Lipinski definition) is 4. The molecule has 0 saturated heterocycles. The second-order valence-corrected chi connectivity index (χ2v) is 7.96. The van der Waals surface area contributed by atoms with E-state index in [1.54, 1.807) is 25.1 Å². The van der Waals surface area contributed by atoms with Gasteiger partial charge in [0.2, 0.25) is 0 Å². The summed E-state index contributed by atoms with van der Waals surface area (Å²) in [7, 11) is 0. The van der Waals surface area contributed by atoms with E-state index in [0.717, 1.165) is 17.4 Å². The van der Waals surface area contributed by atoms with Crippen molar-refractivity contribution in [2.75, 3.05) is 0 Å². The number of carbonyl (C=O) groups is 1. The zero-order valence-electron chi connectivity index (χ0n) is 17.1. The standard InChI is InChI=1S/C24H19F2N3O3/c1-13-20(23(30)27-22(14-8-9-14)15-4-2-5-16(25)12-15)17-6-3-7-18(26)21(17)24(31)29(13)19-10-11-32-28-19/h2-7,10-12,14,22H,8-9H2,1H3,(H,27,30)/t22-/m0/s1. The largest absolute Gasteiger partial charge is 0.363 e. The van der Waals surface area contributed by atoms with E-state index in [-0.39, 0.29) is 33.9 Å². The van der Waals surface area contributed by atoms with Gasteiger partial charge in [0.15, 0.2) is 5.82 Å². The Bertz CT molecular complexity index is 1390. The van der Waals surface area contributed by atoms with Crippen LogP contribution in [0.2, 0.25) is 0 Å². The van der Waals surface area contributed by atoms with Gasteiger partial charge in [0.05, 0.1) is 17.0 Å². The molecule has 6 nitrogen and oxygen atoms in total. The maximum absolute atomic E-state index is 14.7. The zero-order valence-corrected chi connectivity index (χ0v) is 17.1. The number of aromatic nitrogens is 2. The van der Waals surface area contributed by atoms with Crippen molar-refractivity contribution < 1.29 is 18.1 Å². The molecule has 2 heterocycles. The van der Waals surface area contributed by atoms with Gasteiger partial charge in [-0.15, -0.1) is 0 Å². The van der Waals surface area contributed by atoms with Gasteiger partial charge in [-0.3, -0.25) is 14.2 Å². The number of fused-ring (bicyclic) bond motifs is 1. The van der Waals surface area contributed by atoms with Gasteiger partial charge in [0.1, 0.15) is 17.9 Å². The molecule has 1 fully saturated rings. The highest BCUT2D eigenvalue weighted by Crippen LogP contribution is 2.41. The summed E-state index contributed by atoms with van der Waals surface area (Å²) in [5, 5.41) is 6.79. The zero-order chi connectivity index (χ0) is 22.4. The van der Waals surface area contributed by atoms with Crippen molar-refractivity contribution in [2.45, 2.75) is 25.8 Å². The molecule has 1 N–H and O–H groups in total. The lowest BCUT2D eigenvalue weighted by atomic mass is 9.99. The van der Waals surface area contributed by atoms with Crippen LogP contribution < -0.4 is 10.9 Å². The van der Waals surface area contributed by atoms with Gasteiger partial charge >= 0.3 is 0 Å². The Hall–Kier alpha value is -3.81. The monoisotopic (exact) mass is 435 g/mol. The van der Waals surface area contributed by atoms with Crippen LogP contribution in [0.3, 0.4) is 0 Å². The molecule has 2 aromatic carbocycles. The van der Waals surface area contributed by atoms with E-state index in [9.17, 15) is 18.4 Å². The fourth-order valence-electron chi connectivity index (χ4n) is 4.22. The molecule has 1 aliphatic rings. The van der Waals surface area contributed by atoms with Gasteiger partial charge in [0.25, 0.3) is 11.5 Å². The molecule has 1 amide bonds. The van der Waals surface area contributed by atoms with Crippen LogP contribution in [0.4, 0.5) is 8.78 Å². The Morgan fingerprint density at radius 3 is 2.66 bits per heavy atom. The molecular formula is C24H19F2N3O3. The highest BCUT2D eigenvalue weighted by Gasteiger charge is 2.35. The first-order valence-corrected chi connectivity index (χ1v) is 10.3. The molecule has 0 aliphatic heterocycles. The summed E-state index contributed by atoms with van der Waals surface area (Å²) in [4.78, 5) is 26.6. The SMILES string of the molecule is Cc1c(C(=O)N[C@H](c2cccc(F)c2)C2CC2)c2cccc(F)c2c(=O)n1-c1ccon1. The minimum Gasteiger partial charge on any atom is -0.363 e. The average molecular weight is 435 g/mol. The summed E-state index contributed by atoms with van der Waals surface area (Å²) >= 11 is 0. The fraction of sp³-hybridized carbons (Fsp3) is 0.208. The second-order valence-electron chi connectivity index (χ2n) is 7.96. The normalized spacial score (nSPS) is 14.5. The summed E-state index contributed by atoms with van der Waals surface area (Å²) in [6.07, 6.45) is 3.11. The van der Waals surface area contributed by atoms with Gasteiger partial charge < -0.3 is 9.84 Å². The summed E-state index contributed by atoms with van der Waals surface area (Å²) in [6.45, 7) is 1.60. The van der Waals surface area contributed by atoms with Crippen molar-refractivity contribution in [1.29, 1.82) is 0 Å². The molecule has 0 bridgehead atoms. The van der Waals surface area contributed by atoms with Crippen LogP contribution in [0, 0.1) is 24.5 Å². The van der Waals surface area contributed by atoms with E-state index < -0.39 is 23.3 Å². The number of nitrogens with zero attached hydrogens (tertiary/aromatic N) is 2. The van der Waals surface area contributed by atoms with Crippen LogP contribution in [0.1, 0.15) is 40.5 Å². The molecule has 162 valence electrons. The molecule has 2 aromatic heterocycles. The van der Waals surface area contributed by atoms with Crippen LogP contribution in [-0.4, -0.2) is 15.6 Å². The smallest absolute Gasteiger partial charge is 0.267 e. The summed E-state index contributed by atoms with van der Waals surface area (Å²) in [5.74, 6) is -1.26. The maximum atomic E-state index is 14.7. The Kier molecular flexibility index (Phi) is 4.84. The molecule has 0 spiro atoms. The molecule has 32 heavy (non-hydrogen) atoms. The maximum Gasteiger partial charge on any atom is 0.267 e. The van der Waals surface area contributed by atoms with E-state index >= 15 is 0 Å². The Labute approximate surface area is 181 Å². The van der Waals surface area contributed by atoms with Crippen LogP contribution in [0.5, 0.6) is 0 Å². The Balaban J connectivity index is 1.67. The van der Waals surface area contributed by atoms with E-state index in [1.165, 1.54) is 36.6 Å².